The molecule has 0 saturated heterocycles. The number of benzene rings is 2. The third-order valence-electron chi connectivity index (χ3n) is 3.85. The maximum absolute atomic E-state index is 11.3. The van der Waals surface area contributed by atoms with E-state index in [4.69, 9.17) is 9.94 Å². The maximum Gasteiger partial charge on any atom is 0.431 e. The van der Waals surface area contributed by atoms with Crippen molar-refractivity contribution in [3.63, 3.8) is 0 Å². The summed E-state index contributed by atoms with van der Waals surface area (Å²) < 4.78 is 5.02. The number of anilines is 1. The quantitative estimate of drug-likeness (QED) is 0.601. The van der Waals surface area contributed by atoms with Crippen LogP contribution in [0.5, 0.6) is 0 Å². The predicted octanol–water partition coefficient (Wildman–Crippen LogP) is 2.87. The number of ether oxygens (including phenoxy) is 1. The van der Waals surface area contributed by atoms with E-state index in [2.05, 4.69) is 5.32 Å². The van der Waals surface area contributed by atoms with Gasteiger partial charge in [-0.25, -0.2) is 10.3 Å². The van der Waals surface area contributed by atoms with Crippen molar-refractivity contribution in [3.8, 4) is 11.1 Å². The Morgan fingerprint density at radius 3 is 2.61 bits per heavy atom. The molecule has 2 aromatic carbocycles. The summed E-state index contributed by atoms with van der Waals surface area (Å²) in [6.45, 7) is 1.55. The molecule has 1 unspecified atom stereocenters. The van der Waals surface area contributed by atoms with Crippen LogP contribution in [0.1, 0.15) is 24.0 Å². The van der Waals surface area contributed by atoms with Crippen LogP contribution in [0.15, 0.2) is 42.5 Å². The van der Waals surface area contributed by atoms with Crippen molar-refractivity contribution in [2.75, 3.05) is 11.9 Å². The smallest absolute Gasteiger partial charge is 0.431 e. The van der Waals surface area contributed by atoms with Crippen LogP contribution < -0.4 is 10.8 Å². The van der Waals surface area contributed by atoms with Gasteiger partial charge in [-0.15, -0.1) is 0 Å². The zero-order valence-corrected chi connectivity index (χ0v) is 12.5. The first kappa shape index (κ1) is 15.1. The van der Waals surface area contributed by atoms with Crippen molar-refractivity contribution >= 4 is 17.7 Å². The van der Waals surface area contributed by atoms with E-state index in [1.54, 1.807) is 0 Å². The minimum atomic E-state index is -0.894. The van der Waals surface area contributed by atoms with Crippen molar-refractivity contribution in [1.82, 2.24) is 5.48 Å². The highest BCUT2D eigenvalue weighted by molar-refractivity contribution is 5.90. The van der Waals surface area contributed by atoms with Crippen LogP contribution in [0, 0.1) is 0 Å². The molecule has 118 valence electrons. The monoisotopic (exact) mass is 312 g/mol. The Morgan fingerprint density at radius 1 is 1.13 bits per heavy atom. The SMILES string of the molecule is CC(=O)Nc1ccc2c(c1)C(COC(=O)NO)c1ccccc1-2. The van der Waals surface area contributed by atoms with Crippen LogP contribution in [-0.2, 0) is 9.53 Å². The molecule has 6 nitrogen and oxygen atoms in total. The second-order valence-electron chi connectivity index (χ2n) is 5.33. The molecule has 0 bridgehead atoms. The molecule has 0 saturated carbocycles. The highest BCUT2D eigenvalue weighted by Crippen LogP contribution is 2.45. The summed E-state index contributed by atoms with van der Waals surface area (Å²) in [5.74, 6) is -0.292. The Labute approximate surface area is 133 Å². The third-order valence-corrected chi connectivity index (χ3v) is 3.85. The highest BCUT2D eigenvalue weighted by atomic mass is 16.6. The Kier molecular flexibility index (Phi) is 3.99. The zero-order chi connectivity index (χ0) is 16.4. The number of hydroxylamine groups is 1. The Morgan fingerprint density at radius 2 is 1.87 bits per heavy atom. The number of hydrogen-bond donors (Lipinski definition) is 3. The molecule has 3 rings (SSSR count). The maximum atomic E-state index is 11.3. The van der Waals surface area contributed by atoms with Crippen molar-refractivity contribution < 1.29 is 19.5 Å². The topological polar surface area (TPSA) is 87.7 Å². The largest absolute Gasteiger partial charge is 0.447 e. The molecule has 0 fully saturated rings. The third kappa shape index (κ3) is 2.89. The molecular weight excluding hydrogens is 296 g/mol. The van der Waals surface area contributed by atoms with Crippen molar-refractivity contribution in [1.29, 1.82) is 0 Å². The van der Waals surface area contributed by atoms with E-state index >= 15 is 0 Å². The molecule has 2 aromatic rings. The van der Waals surface area contributed by atoms with E-state index in [9.17, 15) is 9.59 Å². The van der Waals surface area contributed by atoms with Gasteiger partial charge in [0.15, 0.2) is 0 Å². The predicted molar refractivity (Wildman–Crippen MR) is 84.3 cm³/mol. The number of hydrogen-bond acceptors (Lipinski definition) is 4. The fourth-order valence-corrected chi connectivity index (χ4v) is 2.96. The van der Waals surface area contributed by atoms with E-state index < -0.39 is 6.09 Å². The Balaban J connectivity index is 1.99. The minimum Gasteiger partial charge on any atom is -0.447 e. The van der Waals surface area contributed by atoms with Crippen LogP contribution in [-0.4, -0.2) is 23.8 Å². The summed E-state index contributed by atoms with van der Waals surface area (Å²) in [6, 6.07) is 13.6. The number of carbonyl (C=O) groups is 2. The summed E-state index contributed by atoms with van der Waals surface area (Å²) in [6.07, 6.45) is -0.894. The summed E-state index contributed by atoms with van der Waals surface area (Å²) in [5, 5.41) is 11.3. The van der Waals surface area contributed by atoms with Crippen molar-refractivity contribution in [2.24, 2.45) is 0 Å². The zero-order valence-electron chi connectivity index (χ0n) is 12.5. The molecule has 6 heteroatoms. The van der Waals surface area contributed by atoms with Gasteiger partial charge >= 0.3 is 6.09 Å². The van der Waals surface area contributed by atoms with E-state index in [0.29, 0.717) is 5.69 Å². The number of amides is 2. The van der Waals surface area contributed by atoms with E-state index in [0.717, 1.165) is 22.3 Å². The number of carbonyl (C=O) groups excluding carboxylic acids is 2. The van der Waals surface area contributed by atoms with Crippen LogP contribution in [0.3, 0.4) is 0 Å². The van der Waals surface area contributed by atoms with Crippen molar-refractivity contribution in [2.45, 2.75) is 12.8 Å². The first-order valence-electron chi connectivity index (χ1n) is 7.18. The number of nitrogens with one attached hydrogen (secondary N) is 2. The fraction of sp³-hybridized carbons (Fsp3) is 0.176. The van der Waals surface area contributed by atoms with Gasteiger partial charge in [-0.1, -0.05) is 30.3 Å². The minimum absolute atomic E-state index is 0.0972. The second kappa shape index (κ2) is 6.10. The average molecular weight is 312 g/mol. The molecule has 23 heavy (non-hydrogen) atoms. The highest BCUT2D eigenvalue weighted by Gasteiger charge is 2.29. The molecule has 0 aromatic heterocycles. The van der Waals surface area contributed by atoms with Gasteiger partial charge in [0.2, 0.25) is 5.91 Å². The fourth-order valence-electron chi connectivity index (χ4n) is 2.96. The Hall–Kier alpha value is -2.86. The summed E-state index contributed by atoms with van der Waals surface area (Å²) in [7, 11) is 0. The van der Waals surface area contributed by atoms with Crippen molar-refractivity contribution in [3.05, 3.63) is 53.6 Å². The molecular formula is C17H16N2O4. The standard InChI is InChI=1S/C17H16N2O4/c1-10(20)18-11-6-7-14-12-4-2-3-5-13(12)16(15(14)8-11)9-23-17(21)19-22/h2-8,16,22H,9H2,1H3,(H,18,20)(H,19,21). The van der Waals surface area contributed by atoms with Gasteiger partial charge in [0.1, 0.15) is 6.61 Å². The molecule has 2 amide bonds. The Bertz CT molecular complexity index is 773. The molecule has 0 radical (unpaired) electrons. The summed E-state index contributed by atoms with van der Waals surface area (Å²) in [5.41, 5.74) is 6.30. The van der Waals surface area contributed by atoms with Gasteiger partial charge in [-0.2, -0.15) is 0 Å². The second-order valence-corrected chi connectivity index (χ2v) is 5.33. The molecule has 0 aliphatic heterocycles. The van der Waals surface area contributed by atoms with Crippen LogP contribution in [0.2, 0.25) is 0 Å². The lowest BCUT2D eigenvalue weighted by atomic mass is 9.97. The average Bonchev–Trinajstić information content (AvgIpc) is 2.85. The van der Waals surface area contributed by atoms with Crippen LogP contribution >= 0.6 is 0 Å². The number of fused-ring (bicyclic) bond motifs is 3. The van der Waals surface area contributed by atoms with E-state index in [-0.39, 0.29) is 18.4 Å². The van der Waals surface area contributed by atoms with Gasteiger partial charge in [0.25, 0.3) is 0 Å². The van der Waals surface area contributed by atoms with E-state index in [1.165, 1.54) is 12.4 Å². The van der Waals surface area contributed by atoms with Crippen LogP contribution in [0.4, 0.5) is 10.5 Å². The molecule has 0 spiro atoms. The first-order valence-corrected chi connectivity index (χ1v) is 7.18. The molecule has 3 N–H and O–H groups in total. The normalized spacial score (nSPS) is 14.6. The lowest BCUT2D eigenvalue weighted by molar-refractivity contribution is -0.114. The molecule has 1 aliphatic carbocycles. The van der Waals surface area contributed by atoms with Gasteiger partial charge < -0.3 is 10.1 Å². The molecule has 1 atom stereocenters. The van der Waals surface area contributed by atoms with Gasteiger partial charge in [0, 0.05) is 18.5 Å². The van der Waals surface area contributed by atoms with E-state index in [1.807, 2.05) is 42.5 Å². The summed E-state index contributed by atoms with van der Waals surface area (Å²) >= 11 is 0. The lowest BCUT2D eigenvalue weighted by Gasteiger charge is -2.14. The van der Waals surface area contributed by atoms with Gasteiger partial charge in [-0.3, -0.25) is 10.0 Å². The summed E-state index contributed by atoms with van der Waals surface area (Å²) in [4.78, 5) is 22.4. The first-order chi connectivity index (χ1) is 11.1. The molecule has 1 aliphatic rings. The lowest BCUT2D eigenvalue weighted by Crippen LogP contribution is -2.22. The van der Waals surface area contributed by atoms with Crippen LogP contribution in [0.25, 0.3) is 11.1 Å². The molecule has 0 heterocycles. The van der Waals surface area contributed by atoms with Gasteiger partial charge in [-0.05, 0) is 34.4 Å². The van der Waals surface area contributed by atoms with Gasteiger partial charge in [0.05, 0.1) is 0 Å². The number of rotatable bonds is 3.